The maximum Gasteiger partial charge on any atom is 0.271 e. The molecule has 6 heteroatoms. The van der Waals surface area contributed by atoms with Crippen LogP contribution in [0.4, 0.5) is 11.4 Å². The van der Waals surface area contributed by atoms with Gasteiger partial charge in [0.15, 0.2) is 0 Å². The Kier molecular flexibility index (Phi) is 6.37. The lowest BCUT2D eigenvalue weighted by Gasteiger charge is -2.11. The molecule has 146 valence electrons. The molecule has 0 saturated heterocycles. The van der Waals surface area contributed by atoms with Crippen molar-refractivity contribution >= 4 is 29.4 Å². The predicted octanol–water partition coefficient (Wildman–Crippen LogP) is 3.77. The normalized spacial score (nSPS) is 10.6. The predicted molar refractivity (Wildman–Crippen MR) is 117 cm³/mol. The molecule has 0 atom stereocenters. The van der Waals surface area contributed by atoms with E-state index in [1.54, 1.807) is 54.7 Å². The Bertz CT molecular complexity index is 995. The molecule has 0 aromatic heterocycles. The molecular weight excluding hydrogens is 364 g/mol. The SMILES string of the molecule is CN(C)c1ccc(/C=N/NC(=O)c2ccc(NC(=O)c3ccccc3)cc2)cc1. The minimum atomic E-state index is -0.327. The number of anilines is 2. The van der Waals surface area contributed by atoms with Crippen LogP contribution < -0.4 is 15.6 Å². The Morgan fingerprint density at radius 2 is 1.41 bits per heavy atom. The third kappa shape index (κ3) is 5.52. The van der Waals surface area contributed by atoms with Crippen LogP contribution in [0.2, 0.25) is 0 Å². The fourth-order valence-electron chi connectivity index (χ4n) is 2.59. The van der Waals surface area contributed by atoms with Gasteiger partial charge in [0.1, 0.15) is 0 Å². The van der Waals surface area contributed by atoms with E-state index in [2.05, 4.69) is 15.8 Å². The highest BCUT2D eigenvalue weighted by molar-refractivity contribution is 6.04. The Balaban J connectivity index is 1.55. The number of nitrogens with one attached hydrogen (secondary N) is 2. The molecule has 2 N–H and O–H groups in total. The topological polar surface area (TPSA) is 73.8 Å². The van der Waals surface area contributed by atoms with Crippen molar-refractivity contribution in [1.29, 1.82) is 0 Å². The highest BCUT2D eigenvalue weighted by Crippen LogP contribution is 2.12. The summed E-state index contributed by atoms with van der Waals surface area (Å²) in [6.45, 7) is 0. The number of carbonyl (C=O) groups excluding carboxylic acids is 2. The van der Waals surface area contributed by atoms with Gasteiger partial charge in [0.25, 0.3) is 11.8 Å². The number of hydrogen-bond donors (Lipinski definition) is 2. The Morgan fingerprint density at radius 1 is 0.793 bits per heavy atom. The van der Waals surface area contributed by atoms with Crippen molar-refractivity contribution in [2.45, 2.75) is 0 Å². The number of rotatable bonds is 6. The number of hydrogen-bond acceptors (Lipinski definition) is 4. The van der Waals surface area contributed by atoms with Crippen LogP contribution in [-0.2, 0) is 0 Å². The van der Waals surface area contributed by atoms with Gasteiger partial charge in [0, 0.05) is 36.6 Å². The third-order valence-electron chi connectivity index (χ3n) is 4.23. The largest absolute Gasteiger partial charge is 0.378 e. The molecule has 2 amide bonds. The standard InChI is InChI=1S/C23H22N4O2/c1-27(2)21-14-8-17(9-15-21)16-24-26-23(29)19-10-12-20(13-11-19)25-22(28)18-6-4-3-5-7-18/h3-16H,1-2H3,(H,25,28)(H,26,29)/b24-16+. The molecule has 0 saturated carbocycles. The fourth-order valence-corrected chi connectivity index (χ4v) is 2.59. The number of hydrazone groups is 1. The lowest BCUT2D eigenvalue weighted by atomic mass is 10.1. The van der Waals surface area contributed by atoms with Crippen LogP contribution in [0.25, 0.3) is 0 Å². The highest BCUT2D eigenvalue weighted by Gasteiger charge is 2.07. The molecule has 3 rings (SSSR count). The average molecular weight is 386 g/mol. The molecule has 0 heterocycles. The summed E-state index contributed by atoms with van der Waals surface area (Å²) < 4.78 is 0. The first kappa shape index (κ1) is 19.8. The second-order valence-corrected chi connectivity index (χ2v) is 6.58. The third-order valence-corrected chi connectivity index (χ3v) is 4.23. The van der Waals surface area contributed by atoms with Gasteiger partial charge in [0.05, 0.1) is 6.21 Å². The van der Waals surface area contributed by atoms with Gasteiger partial charge in [-0.05, 0) is 54.1 Å². The van der Waals surface area contributed by atoms with Crippen LogP contribution in [0.1, 0.15) is 26.3 Å². The van der Waals surface area contributed by atoms with Crippen LogP contribution in [0.3, 0.4) is 0 Å². The van der Waals surface area contributed by atoms with Crippen molar-refractivity contribution in [3.63, 3.8) is 0 Å². The van der Waals surface area contributed by atoms with Crippen LogP contribution >= 0.6 is 0 Å². The van der Waals surface area contributed by atoms with E-state index in [0.29, 0.717) is 16.8 Å². The zero-order chi connectivity index (χ0) is 20.6. The van der Waals surface area contributed by atoms with Crippen LogP contribution in [0, 0.1) is 0 Å². The summed E-state index contributed by atoms with van der Waals surface area (Å²) in [6, 6.07) is 23.4. The van der Waals surface area contributed by atoms with E-state index in [1.165, 1.54) is 0 Å². The van der Waals surface area contributed by atoms with E-state index >= 15 is 0 Å². The minimum Gasteiger partial charge on any atom is -0.378 e. The van der Waals surface area contributed by atoms with Crippen LogP contribution in [-0.4, -0.2) is 32.1 Å². The fraction of sp³-hybridized carbons (Fsp3) is 0.0870. The number of amides is 2. The van der Waals surface area contributed by atoms with Crippen molar-refractivity contribution in [2.24, 2.45) is 5.10 Å². The smallest absolute Gasteiger partial charge is 0.271 e. The molecule has 0 bridgehead atoms. The van der Waals surface area contributed by atoms with Gasteiger partial charge in [0.2, 0.25) is 0 Å². The second-order valence-electron chi connectivity index (χ2n) is 6.58. The van der Waals surface area contributed by atoms with Gasteiger partial charge in [-0.15, -0.1) is 0 Å². The lowest BCUT2D eigenvalue weighted by Crippen LogP contribution is -2.18. The first-order valence-electron chi connectivity index (χ1n) is 9.10. The monoisotopic (exact) mass is 386 g/mol. The zero-order valence-corrected chi connectivity index (χ0v) is 16.3. The molecule has 6 nitrogen and oxygen atoms in total. The lowest BCUT2D eigenvalue weighted by molar-refractivity contribution is 0.0954. The minimum absolute atomic E-state index is 0.201. The molecule has 0 radical (unpaired) electrons. The van der Waals surface area contributed by atoms with Crippen LogP contribution in [0.15, 0.2) is 84.0 Å². The maximum absolute atomic E-state index is 12.2. The zero-order valence-electron chi connectivity index (χ0n) is 16.3. The quantitative estimate of drug-likeness (QED) is 0.500. The van der Waals surface area contributed by atoms with Crippen molar-refractivity contribution in [1.82, 2.24) is 5.43 Å². The van der Waals surface area contributed by atoms with Crippen molar-refractivity contribution in [3.8, 4) is 0 Å². The summed E-state index contributed by atoms with van der Waals surface area (Å²) in [5, 5.41) is 6.79. The van der Waals surface area contributed by atoms with Crippen molar-refractivity contribution < 1.29 is 9.59 Å². The van der Waals surface area contributed by atoms with E-state index in [4.69, 9.17) is 0 Å². The summed E-state index contributed by atoms with van der Waals surface area (Å²) >= 11 is 0. The molecule has 0 spiro atoms. The molecule has 0 aliphatic rings. The maximum atomic E-state index is 12.2. The molecule has 3 aromatic rings. The molecule has 0 fully saturated rings. The molecule has 0 unspecified atom stereocenters. The summed E-state index contributed by atoms with van der Waals surface area (Å²) in [7, 11) is 3.95. The van der Waals surface area contributed by atoms with Gasteiger partial charge in [-0.25, -0.2) is 5.43 Å². The van der Waals surface area contributed by atoms with Gasteiger partial charge >= 0.3 is 0 Å². The van der Waals surface area contributed by atoms with E-state index in [-0.39, 0.29) is 11.8 Å². The molecular formula is C23H22N4O2. The summed E-state index contributed by atoms with van der Waals surface area (Å²) in [5.41, 5.74) is 6.11. The Morgan fingerprint density at radius 3 is 2.03 bits per heavy atom. The van der Waals surface area contributed by atoms with Crippen molar-refractivity contribution in [3.05, 3.63) is 95.6 Å². The van der Waals surface area contributed by atoms with Gasteiger partial charge < -0.3 is 10.2 Å². The number of benzene rings is 3. The van der Waals surface area contributed by atoms with Crippen molar-refractivity contribution in [2.75, 3.05) is 24.3 Å². The average Bonchev–Trinajstić information content (AvgIpc) is 2.75. The Hall–Kier alpha value is -3.93. The number of nitrogens with zero attached hydrogens (tertiary/aromatic N) is 2. The molecule has 0 aliphatic heterocycles. The van der Waals surface area contributed by atoms with Gasteiger partial charge in [-0.2, -0.15) is 5.10 Å². The number of carbonyl (C=O) groups is 2. The first-order chi connectivity index (χ1) is 14.0. The molecule has 0 aliphatic carbocycles. The van der Waals surface area contributed by atoms with E-state index in [0.717, 1.165) is 11.3 Å². The van der Waals surface area contributed by atoms with Gasteiger partial charge in [-0.1, -0.05) is 30.3 Å². The Labute approximate surface area is 169 Å². The first-order valence-corrected chi connectivity index (χ1v) is 9.10. The summed E-state index contributed by atoms with van der Waals surface area (Å²) in [5.74, 6) is -0.528. The highest BCUT2D eigenvalue weighted by atomic mass is 16.2. The van der Waals surface area contributed by atoms with E-state index in [1.807, 2.05) is 49.3 Å². The second kappa shape index (κ2) is 9.32. The summed E-state index contributed by atoms with van der Waals surface area (Å²) in [4.78, 5) is 26.4. The van der Waals surface area contributed by atoms with E-state index in [9.17, 15) is 9.59 Å². The summed E-state index contributed by atoms with van der Waals surface area (Å²) in [6.07, 6.45) is 1.59. The molecule has 3 aromatic carbocycles. The van der Waals surface area contributed by atoms with E-state index < -0.39 is 0 Å². The van der Waals surface area contributed by atoms with Gasteiger partial charge in [-0.3, -0.25) is 9.59 Å². The van der Waals surface area contributed by atoms with Crippen LogP contribution in [0.5, 0.6) is 0 Å². The molecule has 29 heavy (non-hydrogen) atoms.